The zero-order valence-electron chi connectivity index (χ0n) is 10.8. The van der Waals surface area contributed by atoms with Crippen molar-refractivity contribution in [3.8, 4) is 0 Å². The number of hydrogen-bond acceptors (Lipinski definition) is 4. The molecule has 1 heterocycles. The first-order valence-electron chi connectivity index (χ1n) is 6.06. The van der Waals surface area contributed by atoms with E-state index in [4.69, 9.17) is 5.73 Å². The van der Waals surface area contributed by atoms with Crippen LogP contribution in [0.5, 0.6) is 0 Å². The van der Waals surface area contributed by atoms with Crippen molar-refractivity contribution in [2.75, 3.05) is 11.4 Å². The van der Waals surface area contributed by atoms with Crippen molar-refractivity contribution < 1.29 is 14.0 Å². The lowest BCUT2D eigenvalue weighted by Gasteiger charge is -2.35. The fourth-order valence-electron chi connectivity index (χ4n) is 2.24. The van der Waals surface area contributed by atoms with Crippen LogP contribution in [0.2, 0.25) is 0 Å². The molecule has 2 atom stereocenters. The number of halogens is 1. The summed E-state index contributed by atoms with van der Waals surface area (Å²) in [4.78, 5) is 24.7. The Morgan fingerprint density at radius 1 is 1.47 bits per heavy atom. The smallest absolute Gasteiger partial charge is 0.249 e. The molecule has 1 unspecified atom stereocenters. The normalized spacial score (nSPS) is 21.3. The van der Waals surface area contributed by atoms with Gasteiger partial charge in [-0.1, -0.05) is 6.07 Å². The predicted octanol–water partition coefficient (Wildman–Crippen LogP) is 0.697. The summed E-state index contributed by atoms with van der Waals surface area (Å²) in [5.41, 5.74) is 6.59. The van der Waals surface area contributed by atoms with E-state index in [1.165, 1.54) is 6.07 Å². The number of anilines is 1. The summed E-state index contributed by atoms with van der Waals surface area (Å²) in [6.07, 6.45) is 0. The zero-order valence-corrected chi connectivity index (χ0v) is 10.8. The van der Waals surface area contributed by atoms with Gasteiger partial charge in [0.15, 0.2) is 0 Å². The summed E-state index contributed by atoms with van der Waals surface area (Å²) < 4.78 is 13.9. The number of amides is 2. The molecular formula is C13H16FN3O2. The quantitative estimate of drug-likeness (QED) is 0.772. The van der Waals surface area contributed by atoms with Crippen molar-refractivity contribution in [1.82, 2.24) is 5.32 Å². The molecule has 2 rings (SSSR count). The molecule has 1 aromatic carbocycles. The Balaban J connectivity index is 2.49. The van der Waals surface area contributed by atoms with Gasteiger partial charge in [0.2, 0.25) is 11.8 Å². The predicted molar refractivity (Wildman–Crippen MR) is 69.0 cm³/mol. The minimum absolute atomic E-state index is 0.01000. The number of nitrogens with zero attached hydrogens (tertiary/aromatic N) is 1. The second-order valence-electron chi connectivity index (χ2n) is 4.68. The Labute approximate surface area is 110 Å². The largest absolute Gasteiger partial charge is 0.350 e. The maximum Gasteiger partial charge on any atom is 0.249 e. The second kappa shape index (κ2) is 4.97. The monoisotopic (exact) mass is 265 g/mol. The molecule has 0 bridgehead atoms. The van der Waals surface area contributed by atoms with Crippen molar-refractivity contribution in [2.24, 2.45) is 5.73 Å². The van der Waals surface area contributed by atoms with Crippen molar-refractivity contribution in [3.63, 3.8) is 0 Å². The molecule has 19 heavy (non-hydrogen) atoms. The average Bonchev–Trinajstić information content (AvgIpc) is 2.33. The summed E-state index contributed by atoms with van der Waals surface area (Å²) in [5.74, 6) is -1.22. The Morgan fingerprint density at radius 2 is 2.16 bits per heavy atom. The van der Waals surface area contributed by atoms with Crippen LogP contribution in [0.3, 0.4) is 0 Å². The highest BCUT2D eigenvalue weighted by Gasteiger charge is 2.32. The molecule has 0 spiro atoms. The van der Waals surface area contributed by atoms with Gasteiger partial charge in [0.25, 0.3) is 0 Å². The molecular weight excluding hydrogens is 249 g/mol. The minimum Gasteiger partial charge on any atom is -0.350 e. The molecule has 6 heteroatoms. The number of nitrogens with one attached hydrogen (secondary N) is 1. The van der Waals surface area contributed by atoms with Gasteiger partial charge in [-0.05, 0) is 26.0 Å². The van der Waals surface area contributed by atoms with Gasteiger partial charge >= 0.3 is 0 Å². The SMILES string of the molecule is CC1C(=O)NC(=O)CN1c1cccc(F)c1[C@H](C)N. The van der Waals surface area contributed by atoms with Crippen LogP contribution in [0.25, 0.3) is 0 Å². The lowest BCUT2D eigenvalue weighted by molar-refractivity contribution is -0.132. The van der Waals surface area contributed by atoms with Crippen LogP contribution in [0.15, 0.2) is 18.2 Å². The first-order chi connectivity index (χ1) is 8.91. The van der Waals surface area contributed by atoms with Crippen LogP contribution in [-0.2, 0) is 9.59 Å². The molecule has 1 aromatic rings. The van der Waals surface area contributed by atoms with E-state index in [2.05, 4.69) is 5.32 Å². The summed E-state index contributed by atoms with van der Waals surface area (Å²) in [7, 11) is 0. The van der Waals surface area contributed by atoms with Gasteiger partial charge < -0.3 is 10.6 Å². The summed E-state index contributed by atoms with van der Waals surface area (Å²) in [6, 6.07) is 3.46. The molecule has 1 fully saturated rings. The van der Waals surface area contributed by atoms with Crippen LogP contribution in [0.4, 0.5) is 10.1 Å². The van der Waals surface area contributed by atoms with Crippen molar-refractivity contribution >= 4 is 17.5 Å². The maximum absolute atomic E-state index is 13.9. The molecule has 0 aromatic heterocycles. The molecule has 0 saturated carbocycles. The highest BCUT2D eigenvalue weighted by Crippen LogP contribution is 2.29. The van der Waals surface area contributed by atoms with E-state index in [1.807, 2.05) is 0 Å². The van der Waals surface area contributed by atoms with Gasteiger partial charge in [0, 0.05) is 17.3 Å². The number of carbonyl (C=O) groups is 2. The van der Waals surface area contributed by atoms with Gasteiger partial charge in [-0.15, -0.1) is 0 Å². The molecule has 1 aliphatic rings. The standard InChI is InChI=1S/C13H16FN3O2/c1-7(15)12-9(14)4-3-5-10(12)17-6-11(18)16-13(19)8(17)2/h3-5,7-8H,6,15H2,1-2H3,(H,16,18,19)/t7-,8?/m0/s1. The fourth-order valence-corrected chi connectivity index (χ4v) is 2.24. The topological polar surface area (TPSA) is 75.4 Å². The van der Waals surface area contributed by atoms with E-state index in [-0.39, 0.29) is 6.54 Å². The molecule has 0 aliphatic carbocycles. The molecule has 1 saturated heterocycles. The second-order valence-corrected chi connectivity index (χ2v) is 4.68. The Hall–Kier alpha value is -1.95. The van der Waals surface area contributed by atoms with Crippen LogP contribution in [-0.4, -0.2) is 24.4 Å². The van der Waals surface area contributed by atoms with Crippen LogP contribution < -0.4 is 16.0 Å². The third-order valence-electron chi connectivity index (χ3n) is 3.22. The number of imide groups is 1. The summed E-state index contributed by atoms with van der Waals surface area (Å²) >= 11 is 0. The Bertz CT molecular complexity index is 531. The number of piperazine rings is 1. The maximum atomic E-state index is 13.9. The van der Waals surface area contributed by atoms with E-state index >= 15 is 0 Å². The van der Waals surface area contributed by atoms with Gasteiger partial charge in [-0.2, -0.15) is 0 Å². The Morgan fingerprint density at radius 3 is 2.79 bits per heavy atom. The first-order valence-corrected chi connectivity index (χ1v) is 6.06. The summed E-state index contributed by atoms with van der Waals surface area (Å²) in [6.45, 7) is 3.34. The highest BCUT2D eigenvalue weighted by atomic mass is 19.1. The van der Waals surface area contributed by atoms with Gasteiger partial charge in [-0.25, -0.2) is 4.39 Å². The number of carbonyl (C=O) groups excluding carboxylic acids is 2. The number of hydrogen-bond donors (Lipinski definition) is 2. The molecule has 1 aliphatic heterocycles. The Kier molecular flexibility index (Phi) is 3.53. The average molecular weight is 265 g/mol. The lowest BCUT2D eigenvalue weighted by Crippen LogP contribution is -2.57. The molecule has 2 amide bonds. The third-order valence-corrected chi connectivity index (χ3v) is 3.22. The van der Waals surface area contributed by atoms with Crippen LogP contribution in [0, 0.1) is 5.82 Å². The lowest BCUT2D eigenvalue weighted by atomic mass is 10.0. The highest BCUT2D eigenvalue weighted by molar-refractivity contribution is 6.04. The van der Waals surface area contributed by atoms with Gasteiger partial charge in [-0.3, -0.25) is 14.9 Å². The first kappa shape index (κ1) is 13.5. The minimum atomic E-state index is -0.544. The van der Waals surface area contributed by atoms with E-state index in [0.29, 0.717) is 11.3 Å². The van der Waals surface area contributed by atoms with E-state index in [9.17, 15) is 14.0 Å². The van der Waals surface area contributed by atoms with Crippen LogP contribution in [0.1, 0.15) is 25.5 Å². The van der Waals surface area contributed by atoms with E-state index in [0.717, 1.165) is 0 Å². The van der Waals surface area contributed by atoms with Crippen molar-refractivity contribution in [3.05, 3.63) is 29.6 Å². The van der Waals surface area contributed by atoms with E-state index < -0.39 is 29.7 Å². The molecule has 0 radical (unpaired) electrons. The molecule has 5 nitrogen and oxygen atoms in total. The van der Waals surface area contributed by atoms with Gasteiger partial charge in [0.1, 0.15) is 11.9 Å². The van der Waals surface area contributed by atoms with Crippen molar-refractivity contribution in [2.45, 2.75) is 25.9 Å². The summed E-state index contributed by atoms with van der Waals surface area (Å²) in [5, 5.41) is 2.25. The van der Waals surface area contributed by atoms with Crippen LogP contribution >= 0.6 is 0 Å². The number of rotatable bonds is 2. The third kappa shape index (κ3) is 2.44. The van der Waals surface area contributed by atoms with Gasteiger partial charge in [0.05, 0.1) is 6.54 Å². The van der Waals surface area contributed by atoms with Crippen molar-refractivity contribution in [1.29, 1.82) is 0 Å². The molecule has 3 N–H and O–H groups in total. The number of benzene rings is 1. The van der Waals surface area contributed by atoms with E-state index in [1.54, 1.807) is 30.9 Å². The molecule has 102 valence electrons. The fraction of sp³-hybridized carbons (Fsp3) is 0.385. The zero-order chi connectivity index (χ0) is 14.2. The number of nitrogens with two attached hydrogens (primary N) is 1.